The molecule has 0 bridgehead atoms. The van der Waals surface area contributed by atoms with Crippen molar-refractivity contribution < 1.29 is 28.6 Å². The topological polar surface area (TPSA) is 78.9 Å². The quantitative estimate of drug-likeness (QED) is 0.0369. The highest BCUT2D eigenvalue weighted by atomic mass is 16.6. The van der Waals surface area contributed by atoms with Crippen molar-refractivity contribution in [3.63, 3.8) is 0 Å². The van der Waals surface area contributed by atoms with Gasteiger partial charge in [-0.15, -0.1) is 0 Å². The van der Waals surface area contributed by atoms with Gasteiger partial charge in [-0.3, -0.25) is 14.4 Å². The lowest BCUT2D eigenvalue weighted by Gasteiger charge is -2.18. The Morgan fingerprint density at radius 1 is 0.417 bits per heavy atom. The van der Waals surface area contributed by atoms with Gasteiger partial charge in [-0.1, -0.05) is 188 Å². The molecule has 284 valence electrons. The fourth-order valence-electron chi connectivity index (χ4n) is 6.06. The van der Waals surface area contributed by atoms with Gasteiger partial charge in [-0.2, -0.15) is 0 Å². The highest BCUT2D eigenvalue weighted by Crippen LogP contribution is 2.16. The first-order valence-corrected chi connectivity index (χ1v) is 20.9. The van der Waals surface area contributed by atoms with Gasteiger partial charge in [-0.05, 0) is 25.2 Å². The summed E-state index contributed by atoms with van der Waals surface area (Å²) in [6.07, 6.45) is 33.8. The second-order valence-electron chi connectivity index (χ2n) is 14.5. The van der Waals surface area contributed by atoms with Crippen molar-refractivity contribution in [1.82, 2.24) is 0 Å². The van der Waals surface area contributed by atoms with Gasteiger partial charge in [0.1, 0.15) is 13.2 Å². The van der Waals surface area contributed by atoms with Crippen molar-refractivity contribution in [1.29, 1.82) is 0 Å². The first-order chi connectivity index (χ1) is 23.4. The molecule has 2 atom stereocenters. The van der Waals surface area contributed by atoms with Crippen molar-refractivity contribution in [3.05, 3.63) is 0 Å². The smallest absolute Gasteiger partial charge is 0.306 e. The second-order valence-corrected chi connectivity index (χ2v) is 14.5. The summed E-state index contributed by atoms with van der Waals surface area (Å²) in [6, 6.07) is 0. The minimum absolute atomic E-state index is 0.0652. The minimum Gasteiger partial charge on any atom is -0.462 e. The summed E-state index contributed by atoms with van der Waals surface area (Å²) < 4.78 is 16.6. The maximum absolute atomic E-state index is 12.6. The van der Waals surface area contributed by atoms with E-state index in [1.807, 2.05) is 0 Å². The molecule has 0 rings (SSSR count). The van der Waals surface area contributed by atoms with Crippen molar-refractivity contribution in [2.45, 2.75) is 233 Å². The summed E-state index contributed by atoms with van der Waals surface area (Å²) in [5, 5.41) is 0. The highest BCUT2D eigenvalue weighted by Gasteiger charge is 2.19. The van der Waals surface area contributed by atoms with Crippen LogP contribution in [0.3, 0.4) is 0 Å². The number of ether oxygens (including phenoxy) is 3. The summed E-state index contributed by atoms with van der Waals surface area (Å²) in [4.78, 5) is 37.4. The molecule has 0 radical (unpaired) electrons. The van der Waals surface area contributed by atoms with Crippen LogP contribution in [-0.2, 0) is 28.6 Å². The van der Waals surface area contributed by atoms with Crippen LogP contribution in [0.5, 0.6) is 0 Å². The van der Waals surface area contributed by atoms with Gasteiger partial charge in [0.05, 0.1) is 0 Å². The normalized spacial score (nSPS) is 12.5. The lowest BCUT2D eigenvalue weighted by atomic mass is 9.99. The average molecular weight is 681 g/mol. The summed E-state index contributed by atoms with van der Waals surface area (Å²) >= 11 is 0. The fourth-order valence-corrected chi connectivity index (χ4v) is 6.06. The molecule has 0 N–H and O–H groups in total. The van der Waals surface area contributed by atoms with Crippen LogP contribution in [0.1, 0.15) is 227 Å². The van der Waals surface area contributed by atoms with Gasteiger partial charge in [-0.25, -0.2) is 0 Å². The van der Waals surface area contributed by atoms with Crippen LogP contribution in [0.2, 0.25) is 0 Å². The highest BCUT2D eigenvalue weighted by molar-refractivity contribution is 5.71. The zero-order valence-electron chi connectivity index (χ0n) is 32.4. The van der Waals surface area contributed by atoms with Crippen LogP contribution >= 0.6 is 0 Å². The molecule has 0 aliphatic carbocycles. The average Bonchev–Trinajstić information content (AvgIpc) is 3.08. The van der Waals surface area contributed by atoms with Gasteiger partial charge in [0.25, 0.3) is 0 Å². The van der Waals surface area contributed by atoms with Crippen LogP contribution in [0.25, 0.3) is 0 Å². The van der Waals surface area contributed by atoms with Crippen LogP contribution in [0, 0.1) is 5.92 Å². The number of unbranched alkanes of at least 4 members (excludes halogenated alkanes) is 23. The van der Waals surface area contributed by atoms with E-state index in [0.717, 1.165) is 63.7 Å². The number of carbonyl (C=O) groups excluding carboxylic acids is 3. The largest absolute Gasteiger partial charge is 0.462 e. The molecule has 0 aromatic carbocycles. The predicted octanol–water partition coefficient (Wildman–Crippen LogP) is 12.8. The standard InChI is InChI=1S/C42H80O6/c1-5-8-10-12-14-17-22-25-29-33-40(43)46-36-39(48-42(45)35-31-27-20-13-11-9-6-2)37-47-41(44)34-30-26-23-19-16-15-18-21-24-28-32-38(4)7-3/h38-39H,5-37H2,1-4H3/t38?,39-/m1/s1. The molecule has 48 heavy (non-hydrogen) atoms. The molecule has 0 aromatic heterocycles. The Balaban J connectivity index is 4.26. The van der Waals surface area contributed by atoms with Crippen LogP contribution in [-0.4, -0.2) is 37.2 Å². The summed E-state index contributed by atoms with van der Waals surface area (Å²) in [5.74, 6) is 0.000711. The van der Waals surface area contributed by atoms with Crippen LogP contribution in [0.15, 0.2) is 0 Å². The maximum Gasteiger partial charge on any atom is 0.306 e. The third kappa shape index (κ3) is 34.3. The van der Waals surface area contributed by atoms with E-state index in [1.54, 1.807) is 0 Å². The van der Waals surface area contributed by atoms with Crippen molar-refractivity contribution >= 4 is 17.9 Å². The molecule has 0 spiro atoms. The molecule has 0 heterocycles. The first kappa shape index (κ1) is 46.4. The fraction of sp³-hybridized carbons (Fsp3) is 0.929. The second kappa shape index (κ2) is 36.7. The number of rotatable bonds is 37. The SMILES string of the molecule is CCCCCCCCCCCC(=O)OC[C@H](COC(=O)CCCCCCCCCCCCC(C)CC)OC(=O)CCCCCCCCC. The van der Waals surface area contributed by atoms with E-state index in [9.17, 15) is 14.4 Å². The van der Waals surface area contributed by atoms with E-state index in [1.165, 1.54) is 122 Å². The van der Waals surface area contributed by atoms with Gasteiger partial charge >= 0.3 is 17.9 Å². The number of esters is 3. The Kier molecular flexibility index (Phi) is 35.5. The molecular formula is C42H80O6. The molecule has 0 aliphatic heterocycles. The molecule has 6 heteroatoms. The third-order valence-electron chi connectivity index (χ3n) is 9.65. The Morgan fingerprint density at radius 3 is 1.08 bits per heavy atom. The molecule has 1 unspecified atom stereocenters. The Morgan fingerprint density at radius 2 is 0.729 bits per heavy atom. The zero-order chi connectivity index (χ0) is 35.3. The summed E-state index contributed by atoms with van der Waals surface area (Å²) in [5.41, 5.74) is 0. The van der Waals surface area contributed by atoms with Crippen LogP contribution < -0.4 is 0 Å². The first-order valence-electron chi connectivity index (χ1n) is 20.9. The molecule has 0 fully saturated rings. The van der Waals surface area contributed by atoms with Gasteiger partial charge < -0.3 is 14.2 Å². The Bertz CT molecular complexity index is 723. The molecule has 0 amide bonds. The zero-order valence-corrected chi connectivity index (χ0v) is 32.4. The van der Waals surface area contributed by atoms with Crippen molar-refractivity contribution in [2.24, 2.45) is 5.92 Å². The maximum atomic E-state index is 12.6. The van der Waals surface area contributed by atoms with E-state index in [2.05, 4.69) is 27.7 Å². The molecule has 6 nitrogen and oxygen atoms in total. The number of hydrogen-bond acceptors (Lipinski definition) is 6. The van der Waals surface area contributed by atoms with Gasteiger partial charge in [0, 0.05) is 19.3 Å². The van der Waals surface area contributed by atoms with Gasteiger partial charge in [0.15, 0.2) is 6.10 Å². The Hall–Kier alpha value is -1.59. The monoisotopic (exact) mass is 681 g/mol. The number of carbonyl (C=O) groups is 3. The van der Waals surface area contributed by atoms with E-state index in [0.29, 0.717) is 19.3 Å². The molecule has 0 saturated carbocycles. The lowest BCUT2D eigenvalue weighted by Crippen LogP contribution is -2.30. The van der Waals surface area contributed by atoms with E-state index in [4.69, 9.17) is 14.2 Å². The van der Waals surface area contributed by atoms with Crippen LogP contribution in [0.4, 0.5) is 0 Å². The summed E-state index contributed by atoms with van der Waals surface area (Å²) in [6.45, 7) is 8.94. The van der Waals surface area contributed by atoms with Gasteiger partial charge in [0.2, 0.25) is 0 Å². The minimum atomic E-state index is -0.756. The summed E-state index contributed by atoms with van der Waals surface area (Å²) in [7, 11) is 0. The number of hydrogen-bond donors (Lipinski definition) is 0. The predicted molar refractivity (Wildman–Crippen MR) is 201 cm³/mol. The molecular weight excluding hydrogens is 600 g/mol. The molecule has 0 saturated heterocycles. The Labute approximate surface area is 298 Å². The van der Waals surface area contributed by atoms with E-state index >= 15 is 0 Å². The molecule has 0 aliphatic rings. The van der Waals surface area contributed by atoms with Crippen molar-refractivity contribution in [2.75, 3.05) is 13.2 Å². The van der Waals surface area contributed by atoms with E-state index < -0.39 is 6.10 Å². The molecule has 0 aromatic rings. The van der Waals surface area contributed by atoms with E-state index in [-0.39, 0.29) is 31.1 Å². The lowest BCUT2D eigenvalue weighted by molar-refractivity contribution is -0.167. The van der Waals surface area contributed by atoms with Crippen molar-refractivity contribution in [3.8, 4) is 0 Å². The third-order valence-corrected chi connectivity index (χ3v) is 9.65.